The molecular weight excluding hydrogens is 326 g/mol. The van der Waals surface area contributed by atoms with Crippen LogP contribution in [0, 0.1) is 12.8 Å². The zero-order valence-electron chi connectivity index (χ0n) is 14.1. The topological polar surface area (TPSA) is 54.9 Å². The van der Waals surface area contributed by atoms with Crippen LogP contribution in [0.3, 0.4) is 0 Å². The van der Waals surface area contributed by atoms with Gasteiger partial charge in [0, 0.05) is 43.5 Å². The van der Waals surface area contributed by atoms with Crippen LogP contribution in [0.5, 0.6) is 0 Å². The van der Waals surface area contributed by atoms with Crippen LogP contribution < -0.4 is 0 Å². The largest absolute Gasteiger partial charge is 0.378 e. The molecule has 0 radical (unpaired) electrons. The van der Waals surface area contributed by atoms with Gasteiger partial charge < -0.3 is 14.4 Å². The van der Waals surface area contributed by atoms with E-state index in [0.717, 1.165) is 44.8 Å². The first kappa shape index (κ1) is 16.4. The Bertz CT molecular complexity index is 573. The smallest absolute Gasteiger partial charge is 0.225 e. The maximum absolute atomic E-state index is 12.4. The quantitative estimate of drug-likeness (QED) is 0.818. The highest BCUT2D eigenvalue weighted by Crippen LogP contribution is 2.35. The number of hydrogen-bond acceptors (Lipinski definition) is 6. The lowest BCUT2D eigenvalue weighted by atomic mass is 10.0. The van der Waals surface area contributed by atoms with Gasteiger partial charge in [-0.25, -0.2) is 4.98 Å². The van der Waals surface area contributed by atoms with Crippen molar-refractivity contribution >= 4 is 17.2 Å². The molecule has 24 heavy (non-hydrogen) atoms. The fourth-order valence-corrected chi connectivity index (χ4v) is 4.84. The standard InChI is InChI=1S/C17H25N3O3S/c1-12-16(24-11-18-12)10-19-8-13-6-14(23-15(13)9-19)7-17(21)20-2-4-22-5-3-20/h11,13-15H,2-10H2,1H3/t13-,14+,15+/m0/s1. The van der Waals surface area contributed by atoms with Crippen LogP contribution in [0.25, 0.3) is 0 Å². The lowest BCUT2D eigenvalue weighted by molar-refractivity contribution is -0.138. The Balaban J connectivity index is 1.25. The molecular formula is C17H25N3O3S. The predicted octanol–water partition coefficient (Wildman–Crippen LogP) is 1.29. The normalized spacial score (nSPS) is 30.7. The van der Waals surface area contributed by atoms with E-state index in [0.29, 0.717) is 31.7 Å². The second kappa shape index (κ2) is 7.07. The number of fused-ring (bicyclic) bond motifs is 1. The number of likely N-dealkylation sites (tertiary alicyclic amines) is 1. The van der Waals surface area contributed by atoms with E-state index in [9.17, 15) is 4.79 Å². The first-order valence-corrected chi connectivity index (χ1v) is 9.69. The molecule has 3 saturated heterocycles. The van der Waals surface area contributed by atoms with Crippen LogP contribution in [0.15, 0.2) is 5.51 Å². The number of amides is 1. The van der Waals surface area contributed by atoms with Crippen molar-refractivity contribution in [2.24, 2.45) is 5.92 Å². The summed E-state index contributed by atoms with van der Waals surface area (Å²) in [6, 6.07) is 0. The Morgan fingerprint density at radius 1 is 1.38 bits per heavy atom. The van der Waals surface area contributed by atoms with Crippen molar-refractivity contribution < 1.29 is 14.3 Å². The van der Waals surface area contributed by atoms with Crippen molar-refractivity contribution in [3.63, 3.8) is 0 Å². The highest BCUT2D eigenvalue weighted by atomic mass is 32.1. The van der Waals surface area contributed by atoms with E-state index in [4.69, 9.17) is 9.47 Å². The molecule has 1 aromatic rings. The number of rotatable bonds is 4. The number of ether oxygens (including phenoxy) is 2. The number of aromatic nitrogens is 1. The summed E-state index contributed by atoms with van der Waals surface area (Å²) in [5.74, 6) is 0.793. The highest BCUT2D eigenvalue weighted by molar-refractivity contribution is 7.09. The van der Waals surface area contributed by atoms with Crippen LogP contribution in [-0.4, -0.2) is 72.3 Å². The van der Waals surface area contributed by atoms with Gasteiger partial charge in [0.1, 0.15) is 0 Å². The van der Waals surface area contributed by atoms with E-state index in [2.05, 4.69) is 16.8 Å². The first-order valence-electron chi connectivity index (χ1n) is 8.81. The number of morpholine rings is 1. The third-order valence-corrected chi connectivity index (χ3v) is 6.29. The van der Waals surface area contributed by atoms with Gasteiger partial charge in [-0.1, -0.05) is 0 Å². The fourth-order valence-electron chi connectivity index (χ4n) is 4.03. The third kappa shape index (κ3) is 3.49. The predicted molar refractivity (Wildman–Crippen MR) is 90.9 cm³/mol. The van der Waals surface area contributed by atoms with Crippen molar-refractivity contribution in [2.75, 3.05) is 39.4 Å². The van der Waals surface area contributed by atoms with Crippen molar-refractivity contribution in [3.05, 3.63) is 16.1 Å². The zero-order chi connectivity index (χ0) is 16.5. The molecule has 1 aromatic heterocycles. The summed E-state index contributed by atoms with van der Waals surface area (Å²) in [4.78, 5) is 22.4. The van der Waals surface area contributed by atoms with Crippen molar-refractivity contribution in [1.29, 1.82) is 0 Å². The molecule has 132 valence electrons. The second-order valence-corrected chi connectivity index (χ2v) is 7.98. The number of thiazole rings is 1. The number of hydrogen-bond donors (Lipinski definition) is 0. The molecule has 0 bridgehead atoms. The van der Waals surface area contributed by atoms with Gasteiger partial charge in [-0.3, -0.25) is 9.69 Å². The van der Waals surface area contributed by atoms with Gasteiger partial charge in [0.2, 0.25) is 5.91 Å². The van der Waals surface area contributed by atoms with E-state index in [-0.39, 0.29) is 12.0 Å². The zero-order valence-corrected chi connectivity index (χ0v) is 15.0. The van der Waals surface area contributed by atoms with Gasteiger partial charge >= 0.3 is 0 Å². The molecule has 1 amide bonds. The molecule has 6 nitrogen and oxygen atoms in total. The maximum Gasteiger partial charge on any atom is 0.225 e. The van der Waals surface area contributed by atoms with Crippen molar-refractivity contribution in [2.45, 2.75) is 38.5 Å². The monoisotopic (exact) mass is 351 g/mol. The Morgan fingerprint density at radius 3 is 2.92 bits per heavy atom. The fraction of sp³-hybridized carbons (Fsp3) is 0.765. The van der Waals surface area contributed by atoms with E-state index in [1.54, 1.807) is 11.3 Å². The molecule has 0 unspecified atom stereocenters. The number of carbonyl (C=O) groups excluding carboxylic acids is 1. The van der Waals surface area contributed by atoms with Gasteiger partial charge in [-0.05, 0) is 13.3 Å². The molecule has 3 aliphatic rings. The summed E-state index contributed by atoms with van der Waals surface area (Å²) in [6.45, 7) is 7.87. The highest BCUT2D eigenvalue weighted by Gasteiger charge is 2.42. The summed E-state index contributed by atoms with van der Waals surface area (Å²) in [5.41, 5.74) is 3.07. The minimum absolute atomic E-state index is 0.0997. The van der Waals surface area contributed by atoms with Crippen LogP contribution in [0.2, 0.25) is 0 Å². The Morgan fingerprint density at radius 2 is 2.21 bits per heavy atom. The molecule has 4 rings (SSSR count). The SMILES string of the molecule is Cc1ncsc1CN1C[C@@H]2C[C@H](CC(=O)N3CCOCC3)O[C@@H]2C1. The van der Waals surface area contributed by atoms with E-state index < -0.39 is 0 Å². The molecule has 0 saturated carbocycles. The summed E-state index contributed by atoms with van der Waals surface area (Å²) in [5, 5.41) is 0. The molecule has 7 heteroatoms. The molecule has 0 aromatic carbocycles. The van der Waals surface area contributed by atoms with Gasteiger partial charge in [-0.15, -0.1) is 11.3 Å². The molecule has 3 atom stereocenters. The van der Waals surface area contributed by atoms with Gasteiger partial charge in [0.05, 0.1) is 43.0 Å². The number of nitrogens with zero attached hydrogens (tertiary/aromatic N) is 3. The Hall–Kier alpha value is -1.02. The van der Waals surface area contributed by atoms with Crippen molar-refractivity contribution in [1.82, 2.24) is 14.8 Å². The molecule has 3 fully saturated rings. The van der Waals surface area contributed by atoms with Gasteiger partial charge in [0.15, 0.2) is 0 Å². The van der Waals surface area contributed by atoms with Crippen LogP contribution >= 0.6 is 11.3 Å². The summed E-state index contributed by atoms with van der Waals surface area (Å²) < 4.78 is 11.5. The van der Waals surface area contributed by atoms with E-state index in [1.807, 2.05) is 10.4 Å². The molecule has 0 aliphatic carbocycles. The maximum atomic E-state index is 12.4. The van der Waals surface area contributed by atoms with Crippen LogP contribution in [0.4, 0.5) is 0 Å². The second-order valence-electron chi connectivity index (χ2n) is 7.04. The number of aryl methyl sites for hydroxylation is 1. The average Bonchev–Trinajstić information content (AvgIpc) is 3.24. The van der Waals surface area contributed by atoms with E-state index in [1.165, 1.54) is 4.88 Å². The summed E-state index contributed by atoms with van der Waals surface area (Å²) >= 11 is 1.74. The minimum Gasteiger partial charge on any atom is -0.378 e. The van der Waals surface area contributed by atoms with E-state index >= 15 is 0 Å². The summed E-state index contributed by atoms with van der Waals surface area (Å²) in [7, 11) is 0. The average molecular weight is 351 g/mol. The Labute approximate surface area is 146 Å². The van der Waals surface area contributed by atoms with Gasteiger partial charge in [0.25, 0.3) is 0 Å². The molecule has 0 N–H and O–H groups in total. The van der Waals surface area contributed by atoms with Crippen LogP contribution in [-0.2, 0) is 20.8 Å². The van der Waals surface area contributed by atoms with Crippen molar-refractivity contribution in [3.8, 4) is 0 Å². The molecule has 4 heterocycles. The first-order chi connectivity index (χ1) is 11.7. The Kier molecular flexibility index (Phi) is 4.85. The van der Waals surface area contributed by atoms with Gasteiger partial charge in [-0.2, -0.15) is 0 Å². The minimum atomic E-state index is 0.0997. The molecule has 3 aliphatic heterocycles. The van der Waals surface area contributed by atoms with Crippen LogP contribution in [0.1, 0.15) is 23.4 Å². The third-order valence-electron chi connectivity index (χ3n) is 5.37. The lowest BCUT2D eigenvalue weighted by Crippen LogP contribution is -2.42. The lowest BCUT2D eigenvalue weighted by Gasteiger charge is -2.28. The summed E-state index contributed by atoms with van der Waals surface area (Å²) in [6.07, 6.45) is 1.93. The molecule has 0 spiro atoms. The number of carbonyl (C=O) groups is 1.